The molecule has 136 valence electrons. The molecule has 0 saturated carbocycles. The summed E-state index contributed by atoms with van der Waals surface area (Å²) in [7, 11) is 0. The fourth-order valence-corrected chi connectivity index (χ4v) is 4.06. The van der Waals surface area contributed by atoms with Gasteiger partial charge in [0.05, 0.1) is 0 Å². The Morgan fingerprint density at radius 2 is 1.48 bits per heavy atom. The van der Waals surface area contributed by atoms with E-state index < -0.39 is 0 Å². The first-order valence-corrected chi connectivity index (χ1v) is 9.83. The van der Waals surface area contributed by atoms with E-state index in [1.54, 1.807) is 0 Å². The zero-order valence-corrected chi connectivity index (χ0v) is 16.7. The number of hydrogen-bond donors (Lipinski definition) is 0. The molecule has 23 heavy (non-hydrogen) atoms. The second kappa shape index (κ2) is 7.84. The van der Waals surface area contributed by atoms with Crippen molar-refractivity contribution in [1.29, 1.82) is 0 Å². The molecule has 0 bridgehead atoms. The van der Waals surface area contributed by atoms with Gasteiger partial charge < -0.3 is 9.80 Å². The van der Waals surface area contributed by atoms with Crippen molar-refractivity contribution in [2.24, 2.45) is 11.3 Å². The third kappa shape index (κ3) is 6.72. The minimum Gasteiger partial charge on any atom is -0.303 e. The minimum absolute atomic E-state index is 0.337. The Hall–Kier alpha value is -0.120. The fraction of sp³-hybridized carbons (Fsp3) is 1.00. The SMILES string of the molecule is CC(C)(C)CCCN1CC[C@H](CN2CCN(C(C)(C)C)CC2)C1. The van der Waals surface area contributed by atoms with Crippen molar-refractivity contribution in [2.45, 2.75) is 66.3 Å². The highest BCUT2D eigenvalue weighted by Gasteiger charge is 2.29. The number of rotatable bonds is 5. The van der Waals surface area contributed by atoms with Gasteiger partial charge in [0.15, 0.2) is 0 Å². The van der Waals surface area contributed by atoms with Crippen LogP contribution in [-0.2, 0) is 0 Å². The first-order chi connectivity index (χ1) is 10.6. The van der Waals surface area contributed by atoms with Crippen molar-refractivity contribution in [2.75, 3.05) is 52.4 Å². The number of likely N-dealkylation sites (tertiary alicyclic amines) is 1. The second-order valence-electron chi connectivity index (χ2n) is 10.1. The lowest BCUT2D eigenvalue weighted by atomic mass is 9.90. The van der Waals surface area contributed by atoms with Crippen molar-refractivity contribution in [3.05, 3.63) is 0 Å². The molecule has 1 atom stereocenters. The summed E-state index contributed by atoms with van der Waals surface area (Å²) >= 11 is 0. The summed E-state index contributed by atoms with van der Waals surface area (Å²) in [4.78, 5) is 8.06. The van der Waals surface area contributed by atoms with Gasteiger partial charge in [-0.2, -0.15) is 0 Å². The molecule has 3 nitrogen and oxygen atoms in total. The van der Waals surface area contributed by atoms with Gasteiger partial charge in [-0.25, -0.2) is 0 Å². The standard InChI is InChI=1S/C20H41N3/c1-19(2,3)9-7-10-21-11-8-18(16-21)17-22-12-14-23(15-13-22)20(4,5)6/h18H,7-17H2,1-6H3/t18-/m0/s1. The molecule has 2 saturated heterocycles. The Labute approximate surface area is 145 Å². The van der Waals surface area contributed by atoms with E-state index in [0.717, 1.165) is 5.92 Å². The summed E-state index contributed by atoms with van der Waals surface area (Å²) in [5.74, 6) is 0.908. The predicted molar refractivity (Wildman–Crippen MR) is 101 cm³/mol. The first-order valence-electron chi connectivity index (χ1n) is 9.83. The highest BCUT2D eigenvalue weighted by atomic mass is 15.3. The molecule has 3 heteroatoms. The van der Waals surface area contributed by atoms with Crippen LogP contribution in [0, 0.1) is 11.3 Å². The summed E-state index contributed by atoms with van der Waals surface area (Å²) in [6, 6.07) is 0. The largest absolute Gasteiger partial charge is 0.303 e. The van der Waals surface area contributed by atoms with E-state index in [4.69, 9.17) is 0 Å². The van der Waals surface area contributed by atoms with Crippen molar-refractivity contribution < 1.29 is 0 Å². The molecular weight excluding hydrogens is 282 g/mol. The first kappa shape index (κ1) is 19.2. The van der Waals surface area contributed by atoms with Gasteiger partial charge >= 0.3 is 0 Å². The quantitative estimate of drug-likeness (QED) is 0.766. The van der Waals surface area contributed by atoms with Crippen LogP contribution in [0.2, 0.25) is 0 Å². The molecule has 0 aromatic rings. The van der Waals surface area contributed by atoms with Crippen molar-refractivity contribution in [1.82, 2.24) is 14.7 Å². The average Bonchev–Trinajstić information content (AvgIpc) is 2.84. The molecule has 2 aliphatic heterocycles. The summed E-state index contributed by atoms with van der Waals surface area (Å²) in [5, 5.41) is 0. The van der Waals surface area contributed by atoms with E-state index in [-0.39, 0.29) is 0 Å². The molecule has 0 aromatic heterocycles. The molecule has 0 radical (unpaired) electrons. The zero-order chi connectivity index (χ0) is 17.1. The Kier molecular flexibility index (Phi) is 6.55. The highest BCUT2D eigenvalue weighted by Crippen LogP contribution is 2.23. The van der Waals surface area contributed by atoms with Crippen molar-refractivity contribution >= 4 is 0 Å². The summed E-state index contributed by atoms with van der Waals surface area (Å²) in [5.41, 5.74) is 0.829. The lowest BCUT2D eigenvalue weighted by Gasteiger charge is -2.42. The van der Waals surface area contributed by atoms with Crippen LogP contribution in [0.4, 0.5) is 0 Å². The molecular formula is C20H41N3. The summed E-state index contributed by atoms with van der Waals surface area (Å²) in [6.07, 6.45) is 4.12. The molecule has 2 heterocycles. The van der Waals surface area contributed by atoms with E-state index in [1.807, 2.05) is 0 Å². The lowest BCUT2D eigenvalue weighted by molar-refractivity contribution is 0.0557. The maximum absolute atomic E-state index is 2.71. The maximum Gasteiger partial charge on any atom is 0.0126 e. The molecule has 2 fully saturated rings. The van der Waals surface area contributed by atoms with Crippen LogP contribution in [0.1, 0.15) is 60.8 Å². The lowest BCUT2D eigenvalue weighted by Crippen LogP contribution is -2.54. The average molecular weight is 324 g/mol. The summed E-state index contributed by atoms with van der Waals surface area (Å²) in [6.45, 7) is 24.4. The molecule has 0 aliphatic carbocycles. The van der Waals surface area contributed by atoms with Gasteiger partial charge in [-0.05, 0) is 64.5 Å². The van der Waals surface area contributed by atoms with Gasteiger partial charge in [-0.1, -0.05) is 20.8 Å². The van der Waals surface area contributed by atoms with E-state index in [9.17, 15) is 0 Å². The molecule has 0 N–H and O–H groups in total. The highest BCUT2D eigenvalue weighted by molar-refractivity contribution is 4.84. The molecule has 2 rings (SSSR count). The third-order valence-electron chi connectivity index (χ3n) is 5.61. The second-order valence-corrected chi connectivity index (χ2v) is 10.1. The normalized spacial score (nSPS) is 26.1. The van der Waals surface area contributed by atoms with Gasteiger partial charge in [0.25, 0.3) is 0 Å². The molecule has 0 unspecified atom stereocenters. The van der Waals surface area contributed by atoms with Gasteiger partial charge in [0.2, 0.25) is 0 Å². The Morgan fingerprint density at radius 1 is 0.826 bits per heavy atom. The maximum atomic E-state index is 2.71. The van der Waals surface area contributed by atoms with E-state index in [1.165, 1.54) is 71.6 Å². The van der Waals surface area contributed by atoms with Crippen LogP contribution >= 0.6 is 0 Å². The van der Waals surface area contributed by atoms with Crippen LogP contribution in [0.15, 0.2) is 0 Å². The van der Waals surface area contributed by atoms with Crippen molar-refractivity contribution in [3.63, 3.8) is 0 Å². The van der Waals surface area contributed by atoms with Gasteiger partial charge in [-0.15, -0.1) is 0 Å². The molecule has 0 aromatic carbocycles. The molecule has 0 amide bonds. The minimum atomic E-state index is 0.337. The molecule has 2 aliphatic rings. The summed E-state index contributed by atoms with van der Waals surface area (Å²) < 4.78 is 0. The molecule has 0 spiro atoms. The Bertz CT molecular complexity index is 345. The topological polar surface area (TPSA) is 9.72 Å². The van der Waals surface area contributed by atoms with Crippen LogP contribution in [-0.4, -0.2) is 72.6 Å². The van der Waals surface area contributed by atoms with Crippen LogP contribution in [0.25, 0.3) is 0 Å². The number of nitrogens with zero attached hydrogens (tertiary/aromatic N) is 3. The third-order valence-corrected chi connectivity index (χ3v) is 5.61. The van der Waals surface area contributed by atoms with E-state index in [2.05, 4.69) is 56.2 Å². The number of piperazine rings is 1. The smallest absolute Gasteiger partial charge is 0.0126 e. The number of hydrogen-bond acceptors (Lipinski definition) is 3. The predicted octanol–water partition coefficient (Wildman–Crippen LogP) is 3.55. The zero-order valence-electron chi connectivity index (χ0n) is 16.7. The van der Waals surface area contributed by atoms with Crippen LogP contribution in [0.3, 0.4) is 0 Å². The Balaban J connectivity index is 1.63. The monoisotopic (exact) mass is 323 g/mol. The van der Waals surface area contributed by atoms with Crippen LogP contribution < -0.4 is 0 Å². The van der Waals surface area contributed by atoms with Gasteiger partial charge in [0.1, 0.15) is 0 Å². The van der Waals surface area contributed by atoms with Gasteiger partial charge in [-0.3, -0.25) is 4.90 Å². The van der Waals surface area contributed by atoms with Gasteiger partial charge in [0, 0.05) is 44.8 Å². The van der Waals surface area contributed by atoms with Crippen LogP contribution in [0.5, 0.6) is 0 Å². The van der Waals surface area contributed by atoms with E-state index >= 15 is 0 Å². The van der Waals surface area contributed by atoms with E-state index in [0.29, 0.717) is 11.0 Å². The van der Waals surface area contributed by atoms with Crippen molar-refractivity contribution in [3.8, 4) is 0 Å². The Morgan fingerprint density at radius 3 is 2.04 bits per heavy atom. The fourth-order valence-electron chi connectivity index (χ4n) is 4.06.